The molecule has 20 nitrogen and oxygen atoms in total. The van der Waals surface area contributed by atoms with Crippen LogP contribution >= 0.6 is 13.4 Å². The van der Waals surface area contributed by atoms with Gasteiger partial charge in [-0.25, -0.2) is 9.97 Å². The quantitative estimate of drug-likeness (QED) is 0.0908. The van der Waals surface area contributed by atoms with Crippen molar-refractivity contribution in [2.75, 3.05) is 24.7 Å². The Kier molecular flexibility index (Phi) is 8.34. The Hall–Kier alpha value is -2.79. The lowest BCUT2D eigenvalue weighted by Crippen LogP contribution is -2.37. The van der Waals surface area contributed by atoms with Crippen LogP contribution in [0.15, 0.2) is 40.4 Å². The van der Waals surface area contributed by atoms with Gasteiger partial charge in [-0.2, -0.15) is 4.98 Å². The van der Waals surface area contributed by atoms with Gasteiger partial charge in [-0.1, -0.05) is 0 Å². The monoisotopic (exact) mass is 732 g/mol. The highest BCUT2D eigenvalue weighted by atomic mass is 32.5. The minimum absolute atomic E-state index is 0.0363. The van der Waals surface area contributed by atoms with Gasteiger partial charge in [-0.05, 0) is 41.8 Å². The summed E-state index contributed by atoms with van der Waals surface area (Å²) in [6.07, 6.45) is -9.15. The van der Waals surface area contributed by atoms with Crippen LogP contribution in [0.4, 0.5) is 11.6 Å². The SMILES string of the molecule is Nc1ccc2ncn([C@@H]3O[C@@H]4COP(O)(=S)O[C@@H]5[C@H](O)[C@@H](COP(O)(=S)O[C@H]4[C@H]3O)O[C@H]5n3cnc4c(=O)[nH]c(N)nc43)c(=O)c2c1. The molecule has 9 N–H and O–H groups in total. The second-order valence-electron chi connectivity index (χ2n) is 10.8. The van der Waals surface area contributed by atoms with Gasteiger partial charge in [0.15, 0.2) is 23.6 Å². The maximum atomic E-state index is 13.4. The number of H-pyrrole nitrogens is 1. The number of rotatable bonds is 2. The van der Waals surface area contributed by atoms with Crippen LogP contribution in [-0.2, 0) is 51.2 Å². The van der Waals surface area contributed by atoms with E-state index in [-0.39, 0.29) is 22.5 Å². The van der Waals surface area contributed by atoms with Crippen LogP contribution in [0.5, 0.6) is 0 Å². The van der Waals surface area contributed by atoms with E-state index in [1.54, 1.807) is 12.1 Å². The van der Waals surface area contributed by atoms with E-state index in [2.05, 4.69) is 19.9 Å². The van der Waals surface area contributed by atoms with Crippen molar-refractivity contribution < 1.29 is 47.6 Å². The van der Waals surface area contributed by atoms with Crippen molar-refractivity contribution in [1.82, 2.24) is 29.1 Å². The number of imidazole rings is 1. The molecule has 3 aliphatic heterocycles. The number of fused-ring (bicyclic) bond motifs is 5. The van der Waals surface area contributed by atoms with Crippen molar-refractivity contribution in [3.63, 3.8) is 0 Å². The Bertz CT molecular complexity index is 2100. The normalized spacial score (nSPS) is 36.5. The third-order valence-corrected chi connectivity index (χ3v) is 10.9. The predicted molar refractivity (Wildman–Crippen MR) is 167 cm³/mol. The van der Waals surface area contributed by atoms with Gasteiger partial charge in [0.2, 0.25) is 5.95 Å². The molecule has 2 unspecified atom stereocenters. The van der Waals surface area contributed by atoms with Crippen molar-refractivity contribution in [3.05, 3.63) is 51.6 Å². The Morgan fingerprint density at radius 1 is 0.894 bits per heavy atom. The third kappa shape index (κ3) is 6.04. The average Bonchev–Trinajstić information content (AvgIpc) is 3.65. The molecule has 1 aromatic carbocycles. The van der Waals surface area contributed by atoms with Crippen LogP contribution in [-0.4, -0.2) is 98.9 Å². The van der Waals surface area contributed by atoms with Crippen LogP contribution in [0, 0.1) is 0 Å². The number of ether oxygens (including phenoxy) is 2. The second kappa shape index (κ2) is 12.0. The van der Waals surface area contributed by atoms with Crippen LogP contribution in [0.1, 0.15) is 12.5 Å². The average molecular weight is 733 g/mol. The maximum Gasteiger partial charge on any atom is 0.325 e. The summed E-state index contributed by atoms with van der Waals surface area (Å²) in [6, 6.07) is 4.55. The number of aliphatic hydroxyl groups excluding tert-OH is 2. The van der Waals surface area contributed by atoms with Gasteiger partial charge in [0.05, 0.1) is 30.4 Å². The number of nitrogens with one attached hydrogen (secondary N) is 1. The fourth-order valence-electron chi connectivity index (χ4n) is 5.57. The second-order valence-corrected chi connectivity index (χ2v) is 16.4. The molecule has 252 valence electrons. The molecule has 0 aliphatic carbocycles. The first-order chi connectivity index (χ1) is 22.2. The number of hydrogen-bond donors (Lipinski definition) is 7. The number of hydrogen-bond acceptors (Lipinski definition) is 17. The molecule has 3 saturated heterocycles. The molecule has 0 amide bonds. The summed E-state index contributed by atoms with van der Waals surface area (Å²) in [7, 11) is 0. The van der Waals surface area contributed by atoms with Gasteiger partial charge < -0.3 is 50.0 Å². The summed E-state index contributed by atoms with van der Waals surface area (Å²) in [6.45, 7) is -9.71. The van der Waals surface area contributed by atoms with Crippen molar-refractivity contribution in [3.8, 4) is 0 Å². The standard InChI is InChI=1S/C23H26N8O12P2S2/c24-8-1-2-10-9(3-8)20(35)31(6-26-10)21-15(33)16-12(41-21)5-39-45(37,47)43-17-14(32)11(4-38-44(36,46)42-16)40-22(17)30-7-27-13-18(30)28-23(25)29-19(13)34/h1-3,6-7,11-12,14-17,21-22,32-33H,4-5,24H2,(H,36,46)(H,37,47)(H3,25,28,29,34)/t11-,12-,14-,15-,16-,17-,21-,22-,44?,45?/m1/s1. The Balaban J connectivity index is 1.21. The summed E-state index contributed by atoms with van der Waals surface area (Å²) in [5.41, 5.74) is 10.8. The summed E-state index contributed by atoms with van der Waals surface area (Å²) in [4.78, 5) is 62.5. The zero-order chi connectivity index (χ0) is 33.4. The van der Waals surface area contributed by atoms with E-state index in [1.165, 1.54) is 17.0 Å². The predicted octanol–water partition coefficient (Wildman–Crippen LogP) is -1.54. The van der Waals surface area contributed by atoms with Gasteiger partial charge in [0.25, 0.3) is 11.1 Å². The van der Waals surface area contributed by atoms with Crippen molar-refractivity contribution in [2.45, 2.75) is 49.1 Å². The lowest BCUT2D eigenvalue weighted by Gasteiger charge is -2.28. The number of nitrogens with two attached hydrogens (primary N) is 2. The molecule has 24 heteroatoms. The molecule has 7 rings (SSSR count). The molecule has 10 atom stereocenters. The first kappa shape index (κ1) is 32.7. The lowest BCUT2D eigenvalue weighted by atomic mass is 10.1. The van der Waals surface area contributed by atoms with E-state index in [4.69, 9.17) is 62.6 Å². The van der Waals surface area contributed by atoms with Crippen LogP contribution in [0.25, 0.3) is 22.1 Å². The van der Waals surface area contributed by atoms with E-state index in [1.807, 2.05) is 0 Å². The topological polar surface area (TPSA) is 287 Å². The first-order valence-corrected chi connectivity index (χ1v) is 18.9. The molecule has 47 heavy (non-hydrogen) atoms. The molecule has 3 aliphatic rings. The number of nitrogen functional groups attached to an aromatic ring is 2. The molecule has 6 heterocycles. The minimum Gasteiger partial charge on any atom is -0.399 e. The number of anilines is 2. The van der Waals surface area contributed by atoms with Crippen LogP contribution < -0.4 is 22.6 Å². The molecular weight excluding hydrogens is 706 g/mol. The van der Waals surface area contributed by atoms with E-state index in [0.29, 0.717) is 11.2 Å². The third-order valence-electron chi connectivity index (χ3n) is 7.74. The number of nitrogens with zero attached hydrogens (tertiary/aromatic N) is 5. The highest BCUT2D eigenvalue weighted by molar-refractivity contribution is 8.07. The van der Waals surface area contributed by atoms with Gasteiger partial charge in [0, 0.05) is 5.69 Å². The molecule has 2 bridgehead atoms. The summed E-state index contributed by atoms with van der Waals surface area (Å²) in [5.74, 6) is -0.228. The van der Waals surface area contributed by atoms with Crippen LogP contribution in [0.2, 0.25) is 0 Å². The molecule has 3 fully saturated rings. The van der Waals surface area contributed by atoms with Gasteiger partial charge in [0.1, 0.15) is 43.0 Å². The Morgan fingerprint density at radius 3 is 2.30 bits per heavy atom. The van der Waals surface area contributed by atoms with Gasteiger partial charge >= 0.3 is 13.4 Å². The molecule has 3 aromatic heterocycles. The first-order valence-electron chi connectivity index (χ1n) is 13.7. The number of aromatic amines is 1. The number of aromatic nitrogens is 6. The zero-order valence-corrected chi connectivity index (χ0v) is 27.0. The van der Waals surface area contributed by atoms with Gasteiger partial charge in [-0.3, -0.25) is 32.8 Å². The van der Waals surface area contributed by atoms with Crippen molar-refractivity contribution >= 4 is 70.8 Å². The van der Waals surface area contributed by atoms with Crippen molar-refractivity contribution in [1.29, 1.82) is 0 Å². The zero-order valence-electron chi connectivity index (χ0n) is 23.6. The number of benzene rings is 1. The Morgan fingerprint density at radius 2 is 1.55 bits per heavy atom. The summed E-state index contributed by atoms with van der Waals surface area (Å²) >= 11 is 10.5. The van der Waals surface area contributed by atoms with E-state index in [0.717, 1.165) is 10.9 Å². The van der Waals surface area contributed by atoms with Crippen LogP contribution in [0.3, 0.4) is 0 Å². The van der Waals surface area contributed by atoms with E-state index < -0.39 is 86.8 Å². The highest BCUT2D eigenvalue weighted by Crippen LogP contribution is 2.53. The molecule has 0 saturated carbocycles. The van der Waals surface area contributed by atoms with E-state index in [9.17, 15) is 29.6 Å². The summed E-state index contributed by atoms with van der Waals surface area (Å²) in [5, 5.41) is 22.6. The molecule has 0 radical (unpaired) electrons. The molecule has 0 spiro atoms. The minimum atomic E-state index is -4.28. The fourth-order valence-corrected chi connectivity index (χ4v) is 8.43. The highest BCUT2D eigenvalue weighted by Gasteiger charge is 2.52. The number of aliphatic hydroxyl groups is 2. The fraction of sp³-hybridized carbons (Fsp3) is 0.435. The van der Waals surface area contributed by atoms with Gasteiger partial charge in [-0.15, -0.1) is 0 Å². The Labute approximate surface area is 272 Å². The smallest absolute Gasteiger partial charge is 0.325 e. The lowest BCUT2D eigenvalue weighted by molar-refractivity contribution is -0.0619. The summed E-state index contributed by atoms with van der Waals surface area (Å²) < 4.78 is 36.6. The largest absolute Gasteiger partial charge is 0.399 e. The molecular formula is C23H26N8O12P2S2. The maximum absolute atomic E-state index is 13.4. The van der Waals surface area contributed by atoms with E-state index >= 15 is 0 Å². The van der Waals surface area contributed by atoms with Crippen molar-refractivity contribution in [2.24, 2.45) is 0 Å². The molecule has 4 aromatic rings.